The van der Waals surface area contributed by atoms with E-state index in [2.05, 4.69) is 10.3 Å². The van der Waals surface area contributed by atoms with E-state index in [4.69, 9.17) is 27.9 Å². The number of nitrogens with zero attached hydrogens (tertiary/aromatic N) is 1. The van der Waals surface area contributed by atoms with E-state index in [1.165, 1.54) is 11.3 Å². The Morgan fingerprint density at radius 2 is 2.17 bits per heavy atom. The Morgan fingerprint density at radius 3 is 2.87 bits per heavy atom. The minimum Gasteiger partial charge on any atom is -0.376 e. The van der Waals surface area contributed by atoms with Crippen molar-refractivity contribution in [2.24, 2.45) is 0 Å². The van der Waals surface area contributed by atoms with Gasteiger partial charge in [0.15, 0.2) is 0 Å². The van der Waals surface area contributed by atoms with Crippen molar-refractivity contribution in [2.75, 3.05) is 13.2 Å². The molecule has 122 valence electrons. The molecule has 1 aromatic carbocycles. The molecule has 1 N–H and O–H groups in total. The SMILES string of the molecule is O=C(Cc1csc(-c2c(Cl)cccc2Cl)n1)NCC1CCCO1. The number of benzene rings is 1. The molecule has 0 radical (unpaired) electrons. The Morgan fingerprint density at radius 1 is 1.39 bits per heavy atom. The lowest BCUT2D eigenvalue weighted by Gasteiger charge is -2.10. The summed E-state index contributed by atoms with van der Waals surface area (Å²) in [6.07, 6.45) is 2.46. The first-order valence-electron chi connectivity index (χ1n) is 7.40. The van der Waals surface area contributed by atoms with Gasteiger partial charge in [0.25, 0.3) is 0 Å². The lowest BCUT2D eigenvalue weighted by molar-refractivity contribution is -0.121. The molecule has 7 heteroatoms. The maximum Gasteiger partial charge on any atom is 0.226 e. The van der Waals surface area contributed by atoms with Crippen molar-refractivity contribution >= 4 is 40.4 Å². The van der Waals surface area contributed by atoms with Crippen molar-refractivity contribution in [2.45, 2.75) is 25.4 Å². The van der Waals surface area contributed by atoms with Gasteiger partial charge >= 0.3 is 0 Å². The van der Waals surface area contributed by atoms with Crippen molar-refractivity contribution in [3.05, 3.63) is 39.3 Å². The Labute approximate surface area is 148 Å². The van der Waals surface area contributed by atoms with E-state index in [0.717, 1.165) is 24.5 Å². The quantitative estimate of drug-likeness (QED) is 0.866. The first-order valence-corrected chi connectivity index (χ1v) is 9.04. The van der Waals surface area contributed by atoms with Crippen LogP contribution in [0.3, 0.4) is 0 Å². The second kappa shape index (κ2) is 7.62. The highest BCUT2D eigenvalue weighted by Gasteiger charge is 2.17. The normalized spacial score (nSPS) is 17.4. The summed E-state index contributed by atoms with van der Waals surface area (Å²) in [7, 11) is 0. The van der Waals surface area contributed by atoms with Crippen LogP contribution in [0.25, 0.3) is 10.6 Å². The van der Waals surface area contributed by atoms with Gasteiger partial charge in [-0.15, -0.1) is 11.3 Å². The molecule has 1 amide bonds. The van der Waals surface area contributed by atoms with Crippen LogP contribution >= 0.6 is 34.5 Å². The Hall–Kier alpha value is -1.14. The predicted molar refractivity (Wildman–Crippen MR) is 93.3 cm³/mol. The molecule has 1 saturated heterocycles. The lowest BCUT2D eigenvalue weighted by atomic mass is 10.2. The molecule has 3 rings (SSSR count). The number of hydrogen-bond acceptors (Lipinski definition) is 4. The van der Waals surface area contributed by atoms with Crippen molar-refractivity contribution < 1.29 is 9.53 Å². The molecule has 0 aliphatic carbocycles. The van der Waals surface area contributed by atoms with Gasteiger partial charge in [0, 0.05) is 24.1 Å². The van der Waals surface area contributed by atoms with Gasteiger partial charge in [-0.3, -0.25) is 4.79 Å². The number of amides is 1. The number of hydrogen-bond donors (Lipinski definition) is 1. The fraction of sp³-hybridized carbons (Fsp3) is 0.375. The summed E-state index contributed by atoms with van der Waals surface area (Å²) < 4.78 is 5.48. The van der Waals surface area contributed by atoms with Gasteiger partial charge in [-0.2, -0.15) is 0 Å². The van der Waals surface area contributed by atoms with Crippen LogP contribution in [0.4, 0.5) is 0 Å². The first-order chi connectivity index (χ1) is 11.1. The molecule has 4 nitrogen and oxygen atoms in total. The zero-order valence-corrected chi connectivity index (χ0v) is 14.7. The first kappa shape index (κ1) is 16.7. The van der Waals surface area contributed by atoms with Crippen LogP contribution in [-0.2, 0) is 16.0 Å². The van der Waals surface area contributed by atoms with Crippen molar-refractivity contribution in [3.63, 3.8) is 0 Å². The van der Waals surface area contributed by atoms with Gasteiger partial charge in [0.05, 0.1) is 28.3 Å². The fourth-order valence-electron chi connectivity index (χ4n) is 2.47. The summed E-state index contributed by atoms with van der Waals surface area (Å²) in [4.78, 5) is 16.5. The summed E-state index contributed by atoms with van der Waals surface area (Å²) in [6, 6.07) is 5.34. The third-order valence-electron chi connectivity index (χ3n) is 3.62. The number of carbonyl (C=O) groups is 1. The van der Waals surface area contributed by atoms with Crippen molar-refractivity contribution in [1.82, 2.24) is 10.3 Å². The van der Waals surface area contributed by atoms with Crippen LogP contribution < -0.4 is 5.32 Å². The summed E-state index contributed by atoms with van der Waals surface area (Å²) in [5.41, 5.74) is 1.43. The maximum atomic E-state index is 12.0. The van der Waals surface area contributed by atoms with Gasteiger partial charge in [0.2, 0.25) is 5.91 Å². The standard InChI is InChI=1S/C16H16Cl2N2O2S/c17-12-4-1-5-13(18)15(12)16-20-10(9-23-16)7-14(21)19-8-11-3-2-6-22-11/h1,4-5,9,11H,2-3,6-8H2,(H,19,21). The zero-order valence-electron chi connectivity index (χ0n) is 12.4. The molecule has 1 unspecified atom stereocenters. The zero-order chi connectivity index (χ0) is 16.2. The average molecular weight is 371 g/mol. The Kier molecular flexibility index (Phi) is 5.54. The molecule has 23 heavy (non-hydrogen) atoms. The van der Waals surface area contributed by atoms with Gasteiger partial charge in [-0.05, 0) is 25.0 Å². The topological polar surface area (TPSA) is 51.2 Å². The van der Waals surface area contributed by atoms with E-state index in [0.29, 0.717) is 27.8 Å². The minimum absolute atomic E-state index is 0.0531. The summed E-state index contributed by atoms with van der Waals surface area (Å²) >= 11 is 13.8. The molecule has 2 heterocycles. The largest absolute Gasteiger partial charge is 0.376 e. The number of halogens is 2. The van der Waals surface area contributed by atoms with Crippen LogP contribution in [0.15, 0.2) is 23.6 Å². The third kappa shape index (κ3) is 4.23. The molecule has 1 fully saturated rings. The van der Waals surface area contributed by atoms with E-state index in [1.54, 1.807) is 18.2 Å². The molecular formula is C16H16Cl2N2O2S. The van der Waals surface area contributed by atoms with Crippen LogP contribution in [-0.4, -0.2) is 30.1 Å². The van der Waals surface area contributed by atoms with Gasteiger partial charge in [-0.1, -0.05) is 29.3 Å². The van der Waals surface area contributed by atoms with Gasteiger partial charge in [-0.25, -0.2) is 4.98 Å². The van der Waals surface area contributed by atoms with Crippen LogP contribution in [0.1, 0.15) is 18.5 Å². The van der Waals surface area contributed by atoms with Crippen molar-refractivity contribution in [1.29, 1.82) is 0 Å². The molecule has 1 aliphatic rings. The molecule has 1 aromatic heterocycles. The molecule has 1 atom stereocenters. The summed E-state index contributed by atoms with van der Waals surface area (Å²) in [5, 5.41) is 6.59. The Balaban J connectivity index is 1.61. The maximum absolute atomic E-state index is 12.0. The number of ether oxygens (including phenoxy) is 1. The van der Waals surface area contributed by atoms with E-state index < -0.39 is 0 Å². The van der Waals surface area contributed by atoms with Crippen LogP contribution in [0.2, 0.25) is 10.0 Å². The highest BCUT2D eigenvalue weighted by Crippen LogP contribution is 2.36. The molecule has 0 bridgehead atoms. The van der Waals surface area contributed by atoms with E-state index >= 15 is 0 Å². The Bertz CT molecular complexity index is 679. The number of nitrogens with one attached hydrogen (secondary N) is 1. The smallest absolute Gasteiger partial charge is 0.226 e. The monoisotopic (exact) mass is 370 g/mol. The van der Waals surface area contributed by atoms with Gasteiger partial charge in [0.1, 0.15) is 5.01 Å². The molecule has 2 aromatic rings. The summed E-state index contributed by atoms with van der Waals surface area (Å²) in [5.74, 6) is -0.0531. The minimum atomic E-state index is -0.0531. The van der Waals surface area contributed by atoms with E-state index in [1.807, 2.05) is 5.38 Å². The van der Waals surface area contributed by atoms with Crippen LogP contribution in [0.5, 0.6) is 0 Å². The van der Waals surface area contributed by atoms with Gasteiger partial charge < -0.3 is 10.1 Å². The second-order valence-electron chi connectivity index (χ2n) is 5.36. The van der Waals surface area contributed by atoms with E-state index in [9.17, 15) is 4.79 Å². The molecular weight excluding hydrogens is 355 g/mol. The average Bonchev–Trinajstić information content (AvgIpc) is 3.17. The highest BCUT2D eigenvalue weighted by molar-refractivity contribution is 7.13. The van der Waals surface area contributed by atoms with Crippen LogP contribution in [0, 0.1) is 0 Å². The molecule has 0 saturated carbocycles. The number of thiazole rings is 1. The summed E-state index contributed by atoms with van der Waals surface area (Å²) in [6.45, 7) is 1.35. The second-order valence-corrected chi connectivity index (χ2v) is 7.03. The molecule has 1 aliphatic heterocycles. The predicted octanol–water partition coefficient (Wildman–Crippen LogP) is 3.95. The fourth-order valence-corrected chi connectivity index (χ4v) is 4.05. The van der Waals surface area contributed by atoms with Crippen molar-refractivity contribution in [3.8, 4) is 10.6 Å². The number of carbonyl (C=O) groups excluding carboxylic acids is 1. The number of rotatable bonds is 5. The lowest BCUT2D eigenvalue weighted by Crippen LogP contribution is -2.32. The molecule has 0 spiro atoms. The number of aromatic nitrogens is 1. The van der Waals surface area contributed by atoms with E-state index in [-0.39, 0.29) is 18.4 Å². The third-order valence-corrected chi connectivity index (χ3v) is 5.16. The highest BCUT2D eigenvalue weighted by atomic mass is 35.5.